The highest BCUT2D eigenvalue weighted by molar-refractivity contribution is 7.10. The smallest absolute Gasteiger partial charge is 0.243 e. The zero-order valence-electron chi connectivity index (χ0n) is 11.4. The zero-order chi connectivity index (χ0) is 13.2. The van der Waals surface area contributed by atoms with Gasteiger partial charge < -0.3 is 4.52 Å². The van der Waals surface area contributed by atoms with Crippen LogP contribution in [0.4, 0.5) is 0 Å². The molecule has 0 aliphatic carbocycles. The van der Waals surface area contributed by atoms with E-state index in [1.54, 1.807) is 0 Å². The van der Waals surface area contributed by atoms with Crippen molar-refractivity contribution in [2.75, 3.05) is 6.54 Å². The lowest BCUT2D eigenvalue weighted by atomic mass is 10.1. The second-order valence-corrected chi connectivity index (χ2v) is 6.06. The molecule has 0 saturated carbocycles. The Morgan fingerprint density at radius 3 is 3.26 bits per heavy atom. The molecule has 0 radical (unpaired) electrons. The molecule has 0 amide bonds. The van der Waals surface area contributed by atoms with Gasteiger partial charge in [0.25, 0.3) is 0 Å². The molecule has 0 saturated heterocycles. The van der Waals surface area contributed by atoms with Crippen molar-refractivity contribution in [2.24, 2.45) is 0 Å². The normalized spacial score (nSPS) is 17.4. The van der Waals surface area contributed by atoms with Crippen molar-refractivity contribution < 1.29 is 4.52 Å². The van der Waals surface area contributed by atoms with E-state index in [0.717, 1.165) is 44.1 Å². The molecule has 0 bridgehead atoms. The van der Waals surface area contributed by atoms with Crippen LogP contribution in [-0.4, -0.2) is 21.6 Å². The third-order valence-corrected chi connectivity index (χ3v) is 4.72. The molecule has 1 atom stereocenters. The van der Waals surface area contributed by atoms with E-state index < -0.39 is 0 Å². The molecule has 3 rings (SSSR count). The standard InChI is InChI=1S/C14H19N3OS/c1-3-4-13-15-14(18-16-13)10(2)17-7-5-12-11(9-17)6-8-19-12/h6,8,10H,3-5,7,9H2,1-2H3. The predicted molar refractivity (Wildman–Crippen MR) is 75.1 cm³/mol. The van der Waals surface area contributed by atoms with Gasteiger partial charge in [-0.1, -0.05) is 12.1 Å². The van der Waals surface area contributed by atoms with Crippen LogP contribution in [0.5, 0.6) is 0 Å². The largest absolute Gasteiger partial charge is 0.338 e. The Balaban J connectivity index is 1.72. The van der Waals surface area contributed by atoms with Gasteiger partial charge in [0, 0.05) is 24.4 Å². The average Bonchev–Trinajstić information content (AvgIpc) is 3.05. The molecule has 102 valence electrons. The SMILES string of the molecule is CCCc1noc(C(C)N2CCc3sccc3C2)n1. The second-order valence-electron chi connectivity index (χ2n) is 5.06. The first-order valence-corrected chi connectivity index (χ1v) is 7.77. The van der Waals surface area contributed by atoms with Gasteiger partial charge in [0.05, 0.1) is 6.04 Å². The topological polar surface area (TPSA) is 42.2 Å². The first-order valence-electron chi connectivity index (χ1n) is 6.89. The zero-order valence-corrected chi connectivity index (χ0v) is 12.2. The van der Waals surface area contributed by atoms with Gasteiger partial charge in [-0.05, 0) is 36.8 Å². The highest BCUT2D eigenvalue weighted by Crippen LogP contribution is 2.29. The number of hydrogen-bond acceptors (Lipinski definition) is 5. The Labute approximate surface area is 117 Å². The number of aromatic nitrogens is 2. The number of fused-ring (bicyclic) bond motifs is 1. The van der Waals surface area contributed by atoms with Gasteiger partial charge in [-0.25, -0.2) is 0 Å². The first-order chi connectivity index (χ1) is 9.28. The fourth-order valence-corrected chi connectivity index (χ4v) is 3.41. The molecule has 0 N–H and O–H groups in total. The third kappa shape index (κ3) is 2.58. The van der Waals surface area contributed by atoms with E-state index in [0.29, 0.717) is 0 Å². The molecule has 3 heterocycles. The molecule has 19 heavy (non-hydrogen) atoms. The van der Waals surface area contributed by atoms with Crippen LogP contribution in [0.1, 0.15) is 48.5 Å². The minimum atomic E-state index is 0.200. The Bertz CT molecular complexity index is 548. The van der Waals surface area contributed by atoms with Crippen molar-refractivity contribution in [1.29, 1.82) is 0 Å². The molecule has 1 unspecified atom stereocenters. The van der Waals surface area contributed by atoms with Gasteiger partial charge >= 0.3 is 0 Å². The van der Waals surface area contributed by atoms with Crippen molar-refractivity contribution in [1.82, 2.24) is 15.0 Å². The molecule has 1 aliphatic heterocycles. The van der Waals surface area contributed by atoms with Gasteiger partial charge in [0.15, 0.2) is 5.82 Å². The van der Waals surface area contributed by atoms with Crippen molar-refractivity contribution in [3.8, 4) is 0 Å². The van der Waals surface area contributed by atoms with E-state index >= 15 is 0 Å². The number of thiophene rings is 1. The summed E-state index contributed by atoms with van der Waals surface area (Å²) in [6.45, 7) is 6.34. The quantitative estimate of drug-likeness (QED) is 0.860. The summed E-state index contributed by atoms with van der Waals surface area (Å²) in [6.07, 6.45) is 3.08. The third-order valence-electron chi connectivity index (χ3n) is 3.70. The molecular formula is C14H19N3OS. The lowest BCUT2D eigenvalue weighted by Crippen LogP contribution is -2.32. The maximum Gasteiger partial charge on any atom is 0.243 e. The number of hydrogen-bond donors (Lipinski definition) is 0. The Morgan fingerprint density at radius 1 is 1.53 bits per heavy atom. The van der Waals surface area contributed by atoms with Crippen molar-refractivity contribution in [3.05, 3.63) is 33.6 Å². The van der Waals surface area contributed by atoms with Gasteiger partial charge in [0.1, 0.15) is 0 Å². The summed E-state index contributed by atoms with van der Waals surface area (Å²) >= 11 is 1.87. The minimum Gasteiger partial charge on any atom is -0.338 e. The van der Waals surface area contributed by atoms with Crippen molar-refractivity contribution >= 4 is 11.3 Å². The number of nitrogens with zero attached hydrogens (tertiary/aromatic N) is 3. The van der Waals surface area contributed by atoms with Crippen LogP contribution in [0.25, 0.3) is 0 Å². The lowest BCUT2D eigenvalue weighted by molar-refractivity contribution is 0.159. The lowest BCUT2D eigenvalue weighted by Gasteiger charge is -2.30. The molecule has 2 aromatic heterocycles. The summed E-state index contributed by atoms with van der Waals surface area (Å²) in [6, 6.07) is 2.43. The maximum absolute atomic E-state index is 5.40. The van der Waals surface area contributed by atoms with Gasteiger partial charge in [-0.3, -0.25) is 4.90 Å². The van der Waals surface area contributed by atoms with Crippen LogP contribution in [0, 0.1) is 0 Å². The maximum atomic E-state index is 5.40. The van der Waals surface area contributed by atoms with Crippen LogP contribution in [0.2, 0.25) is 0 Å². The molecule has 5 heteroatoms. The van der Waals surface area contributed by atoms with Crippen LogP contribution < -0.4 is 0 Å². The molecular weight excluding hydrogens is 258 g/mol. The Hall–Kier alpha value is -1.20. The van der Waals surface area contributed by atoms with Crippen LogP contribution >= 0.6 is 11.3 Å². The summed E-state index contributed by atoms with van der Waals surface area (Å²) in [4.78, 5) is 8.45. The fraction of sp³-hybridized carbons (Fsp3) is 0.571. The Morgan fingerprint density at radius 2 is 2.42 bits per heavy atom. The molecule has 0 aromatic carbocycles. The van der Waals surface area contributed by atoms with Gasteiger partial charge in [-0.2, -0.15) is 4.98 Å². The summed E-state index contributed by atoms with van der Waals surface area (Å²) in [5, 5.41) is 6.23. The molecule has 2 aromatic rings. The predicted octanol–water partition coefficient (Wildman–Crippen LogP) is 3.20. The van der Waals surface area contributed by atoms with E-state index in [2.05, 4.69) is 40.3 Å². The first kappa shape index (κ1) is 12.8. The molecule has 0 fully saturated rings. The van der Waals surface area contributed by atoms with E-state index in [-0.39, 0.29) is 6.04 Å². The van der Waals surface area contributed by atoms with Crippen LogP contribution in [0.3, 0.4) is 0 Å². The van der Waals surface area contributed by atoms with Gasteiger partial charge in [0.2, 0.25) is 5.89 Å². The van der Waals surface area contributed by atoms with Crippen molar-refractivity contribution in [2.45, 2.75) is 45.7 Å². The van der Waals surface area contributed by atoms with Crippen LogP contribution in [0.15, 0.2) is 16.0 Å². The monoisotopic (exact) mass is 277 g/mol. The van der Waals surface area contributed by atoms with E-state index in [9.17, 15) is 0 Å². The second kappa shape index (κ2) is 5.43. The summed E-state index contributed by atoms with van der Waals surface area (Å²) < 4.78 is 5.40. The number of aryl methyl sites for hydroxylation is 1. The van der Waals surface area contributed by atoms with Crippen LogP contribution in [-0.2, 0) is 19.4 Å². The highest BCUT2D eigenvalue weighted by atomic mass is 32.1. The van der Waals surface area contributed by atoms with Gasteiger partial charge in [-0.15, -0.1) is 11.3 Å². The minimum absolute atomic E-state index is 0.200. The summed E-state index contributed by atoms with van der Waals surface area (Å²) in [7, 11) is 0. The Kier molecular flexibility index (Phi) is 3.66. The number of rotatable bonds is 4. The van der Waals surface area contributed by atoms with E-state index in [1.165, 1.54) is 10.4 Å². The molecule has 1 aliphatic rings. The summed E-state index contributed by atoms with van der Waals surface area (Å²) in [5.74, 6) is 1.58. The molecule has 4 nitrogen and oxygen atoms in total. The van der Waals surface area contributed by atoms with E-state index in [1.807, 2.05) is 11.3 Å². The van der Waals surface area contributed by atoms with E-state index in [4.69, 9.17) is 4.52 Å². The molecule has 0 spiro atoms. The highest BCUT2D eigenvalue weighted by Gasteiger charge is 2.25. The summed E-state index contributed by atoms with van der Waals surface area (Å²) in [5.41, 5.74) is 1.45. The average molecular weight is 277 g/mol. The van der Waals surface area contributed by atoms with Crippen molar-refractivity contribution in [3.63, 3.8) is 0 Å². The fourth-order valence-electron chi connectivity index (χ4n) is 2.52.